The molecule has 1 unspecified atom stereocenters. The fourth-order valence-electron chi connectivity index (χ4n) is 2.11. The van der Waals surface area contributed by atoms with Gasteiger partial charge in [-0.25, -0.2) is 4.39 Å². The van der Waals surface area contributed by atoms with Crippen molar-refractivity contribution >= 4 is 15.9 Å². The molecular formula is C15H23BrFNO. The standard InChI is InChI=1S/C15H23BrFNO/c1-5-18-14(7-6-10(2)3)11-8-12(16)13(17)9-15(11)19-4/h8-10,14,18H,5-7H2,1-4H3. The molecule has 108 valence electrons. The van der Waals surface area contributed by atoms with Gasteiger partial charge >= 0.3 is 0 Å². The van der Waals surface area contributed by atoms with Crippen LogP contribution < -0.4 is 10.1 Å². The first kappa shape index (κ1) is 16.4. The van der Waals surface area contributed by atoms with Crippen LogP contribution in [0, 0.1) is 11.7 Å². The monoisotopic (exact) mass is 331 g/mol. The van der Waals surface area contributed by atoms with E-state index < -0.39 is 0 Å². The third-order valence-electron chi connectivity index (χ3n) is 3.13. The predicted octanol–water partition coefficient (Wildman–Crippen LogP) is 4.68. The second kappa shape index (κ2) is 7.85. The van der Waals surface area contributed by atoms with Crippen LogP contribution in [0.4, 0.5) is 4.39 Å². The average Bonchev–Trinajstić information content (AvgIpc) is 2.37. The van der Waals surface area contributed by atoms with Gasteiger partial charge in [0, 0.05) is 17.7 Å². The van der Waals surface area contributed by atoms with Gasteiger partial charge in [0.1, 0.15) is 11.6 Å². The summed E-state index contributed by atoms with van der Waals surface area (Å²) in [6, 6.07) is 3.46. The van der Waals surface area contributed by atoms with Crippen LogP contribution in [-0.4, -0.2) is 13.7 Å². The Kier molecular flexibility index (Phi) is 6.80. The van der Waals surface area contributed by atoms with Crippen LogP contribution in [0.2, 0.25) is 0 Å². The molecule has 0 aromatic heterocycles. The smallest absolute Gasteiger partial charge is 0.141 e. The van der Waals surface area contributed by atoms with E-state index in [0.29, 0.717) is 16.1 Å². The molecule has 0 aliphatic heterocycles. The second-order valence-corrected chi connectivity index (χ2v) is 5.94. The summed E-state index contributed by atoms with van der Waals surface area (Å²) < 4.78 is 19.4. The summed E-state index contributed by atoms with van der Waals surface area (Å²) >= 11 is 3.25. The Labute approximate surface area is 123 Å². The van der Waals surface area contributed by atoms with E-state index in [-0.39, 0.29) is 11.9 Å². The first-order valence-electron chi connectivity index (χ1n) is 6.75. The molecule has 1 N–H and O–H groups in total. The molecule has 2 nitrogen and oxygen atoms in total. The van der Waals surface area contributed by atoms with Crippen molar-refractivity contribution in [3.63, 3.8) is 0 Å². The molecule has 0 radical (unpaired) electrons. The maximum absolute atomic E-state index is 13.6. The van der Waals surface area contributed by atoms with Gasteiger partial charge in [0.2, 0.25) is 0 Å². The van der Waals surface area contributed by atoms with Crippen molar-refractivity contribution in [2.24, 2.45) is 5.92 Å². The molecular weight excluding hydrogens is 309 g/mol. The van der Waals surface area contributed by atoms with E-state index in [1.807, 2.05) is 6.07 Å². The van der Waals surface area contributed by atoms with Gasteiger partial charge < -0.3 is 10.1 Å². The molecule has 1 aromatic carbocycles. The molecule has 0 aliphatic carbocycles. The van der Waals surface area contributed by atoms with Crippen molar-refractivity contribution < 1.29 is 9.13 Å². The van der Waals surface area contributed by atoms with Crippen molar-refractivity contribution in [3.8, 4) is 5.75 Å². The zero-order valence-corrected chi connectivity index (χ0v) is 13.7. The molecule has 0 saturated heterocycles. The summed E-state index contributed by atoms with van der Waals surface area (Å²) in [5.41, 5.74) is 1.01. The summed E-state index contributed by atoms with van der Waals surface area (Å²) in [5, 5.41) is 3.45. The maximum atomic E-state index is 13.6. The SMILES string of the molecule is CCNC(CCC(C)C)c1cc(Br)c(F)cc1OC. The van der Waals surface area contributed by atoms with Gasteiger partial charge in [-0.3, -0.25) is 0 Å². The van der Waals surface area contributed by atoms with Crippen LogP contribution in [0.5, 0.6) is 5.75 Å². The Hall–Kier alpha value is -0.610. The zero-order chi connectivity index (χ0) is 14.4. The lowest BCUT2D eigenvalue weighted by molar-refractivity contribution is 0.385. The van der Waals surface area contributed by atoms with Crippen molar-refractivity contribution in [2.45, 2.75) is 39.7 Å². The molecule has 19 heavy (non-hydrogen) atoms. The number of hydrogen-bond acceptors (Lipinski definition) is 2. The Morgan fingerprint density at radius 1 is 1.32 bits per heavy atom. The minimum atomic E-state index is -0.292. The van der Waals surface area contributed by atoms with E-state index in [1.165, 1.54) is 6.07 Å². The zero-order valence-electron chi connectivity index (χ0n) is 12.1. The number of methoxy groups -OCH3 is 1. The van der Waals surface area contributed by atoms with Crippen LogP contribution >= 0.6 is 15.9 Å². The molecule has 0 amide bonds. The lowest BCUT2D eigenvalue weighted by atomic mass is 9.97. The van der Waals surface area contributed by atoms with Gasteiger partial charge in [0.05, 0.1) is 11.6 Å². The molecule has 0 aliphatic rings. The Morgan fingerprint density at radius 2 is 2.00 bits per heavy atom. The topological polar surface area (TPSA) is 21.3 Å². The van der Waals surface area contributed by atoms with Crippen LogP contribution in [-0.2, 0) is 0 Å². The fourth-order valence-corrected chi connectivity index (χ4v) is 2.47. The second-order valence-electron chi connectivity index (χ2n) is 5.09. The third kappa shape index (κ3) is 4.77. The van der Waals surface area contributed by atoms with Crippen molar-refractivity contribution in [1.29, 1.82) is 0 Å². The van der Waals surface area contributed by atoms with Gasteiger partial charge in [-0.1, -0.05) is 20.8 Å². The lowest BCUT2D eigenvalue weighted by Crippen LogP contribution is -2.22. The number of rotatable bonds is 7. The van der Waals surface area contributed by atoms with Gasteiger partial charge in [-0.05, 0) is 47.3 Å². The number of benzene rings is 1. The summed E-state index contributed by atoms with van der Waals surface area (Å²) in [7, 11) is 1.58. The predicted molar refractivity (Wildman–Crippen MR) is 81.1 cm³/mol. The highest BCUT2D eigenvalue weighted by atomic mass is 79.9. The lowest BCUT2D eigenvalue weighted by Gasteiger charge is -2.22. The van der Waals surface area contributed by atoms with Crippen LogP contribution in [0.3, 0.4) is 0 Å². The summed E-state index contributed by atoms with van der Waals surface area (Å²) in [5.74, 6) is 0.964. The summed E-state index contributed by atoms with van der Waals surface area (Å²) in [6.07, 6.45) is 2.13. The molecule has 0 heterocycles. The van der Waals surface area contributed by atoms with Crippen LogP contribution in [0.15, 0.2) is 16.6 Å². The van der Waals surface area contributed by atoms with E-state index in [4.69, 9.17) is 4.74 Å². The van der Waals surface area contributed by atoms with E-state index in [1.54, 1.807) is 7.11 Å². The summed E-state index contributed by atoms with van der Waals surface area (Å²) in [4.78, 5) is 0. The number of halogens is 2. The van der Waals surface area contributed by atoms with Crippen LogP contribution in [0.1, 0.15) is 45.2 Å². The normalized spacial score (nSPS) is 12.8. The minimum absolute atomic E-state index is 0.194. The molecule has 0 saturated carbocycles. The van der Waals surface area contributed by atoms with E-state index in [2.05, 4.69) is 42.0 Å². The highest BCUT2D eigenvalue weighted by Gasteiger charge is 2.18. The number of ether oxygens (including phenoxy) is 1. The van der Waals surface area contributed by atoms with E-state index >= 15 is 0 Å². The Morgan fingerprint density at radius 3 is 2.53 bits per heavy atom. The maximum Gasteiger partial charge on any atom is 0.141 e. The number of nitrogens with one attached hydrogen (secondary N) is 1. The summed E-state index contributed by atoms with van der Waals surface area (Å²) in [6.45, 7) is 7.37. The van der Waals surface area contributed by atoms with Crippen molar-refractivity contribution in [1.82, 2.24) is 5.32 Å². The van der Waals surface area contributed by atoms with Gasteiger partial charge in [0.25, 0.3) is 0 Å². The third-order valence-corrected chi connectivity index (χ3v) is 3.74. The number of hydrogen-bond donors (Lipinski definition) is 1. The van der Waals surface area contributed by atoms with Gasteiger partial charge in [0.15, 0.2) is 0 Å². The molecule has 1 atom stereocenters. The molecule has 4 heteroatoms. The first-order valence-corrected chi connectivity index (χ1v) is 7.55. The molecule has 0 bridgehead atoms. The minimum Gasteiger partial charge on any atom is -0.496 e. The molecule has 0 spiro atoms. The Balaban J connectivity index is 3.02. The van der Waals surface area contributed by atoms with Crippen LogP contribution in [0.25, 0.3) is 0 Å². The van der Waals surface area contributed by atoms with E-state index in [9.17, 15) is 4.39 Å². The molecule has 0 fully saturated rings. The fraction of sp³-hybridized carbons (Fsp3) is 0.600. The highest BCUT2D eigenvalue weighted by molar-refractivity contribution is 9.10. The largest absolute Gasteiger partial charge is 0.496 e. The van der Waals surface area contributed by atoms with Gasteiger partial charge in [-0.15, -0.1) is 0 Å². The van der Waals surface area contributed by atoms with E-state index in [0.717, 1.165) is 24.9 Å². The molecule has 1 aromatic rings. The quantitative estimate of drug-likeness (QED) is 0.782. The highest BCUT2D eigenvalue weighted by Crippen LogP contribution is 2.33. The van der Waals surface area contributed by atoms with Crippen molar-refractivity contribution in [2.75, 3.05) is 13.7 Å². The Bertz CT molecular complexity index is 409. The average molecular weight is 332 g/mol. The van der Waals surface area contributed by atoms with Crippen molar-refractivity contribution in [3.05, 3.63) is 28.0 Å². The first-order chi connectivity index (χ1) is 8.99. The molecule has 1 rings (SSSR count). The van der Waals surface area contributed by atoms with Gasteiger partial charge in [-0.2, -0.15) is 0 Å².